The van der Waals surface area contributed by atoms with Gasteiger partial charge in [-0.15, -0.1) is 0 Å². The van der Waals surface area contributed by atoms with E-state index in [-0.39, 0.29) is 0 Å². The summed E-state index contributed by atoms with van der Waals surface area (Å²) in [6, 6.07) is 0. The lowest BCUT2D eigenvalue weighted by Crippen LogP contribution is -2.36. The van der Waals surface area contributed by atoms with Gasteiger partial charge in [-0.2, -0.15) is 0 Å². The zero-order chi connectivity index (χ0) is 25.5. The molecule has 88 valence electrons. The van der Waals surface area contributed by atoms with Gasteiger partial charge in [-0.25, -0.2) is 0 Å². The van der Waals surface area contributed by atoms with Crippen LogP contribution < -0.4 is 0 Å². The second-order valence-electron chi connectivity index (χ2n) is 4.88. The molecule has 2 unspecified atom stereocenters. The maximum absolute atomic E-state index is 8.92. The van der Waals surface area contributed by atoms with Crippen molar-refractivity contribution in [2.24, 2.45) is 22.6 Å². The van der Waals surface area contributed by atoms with E-state index in [2.05, 4.69) is 0 Å². The van der Waals surface area contributed by atoms with Gasteiger partial charge in [0.2, 0.25) is 0 Å². The van der Waals surface area contributed by atoms with E-state index in [4.69, 9.17) is 21.9 Å². The van der Waals surface area contributed by atoms with Crippen molar-refractivity contribution in [3.8, 4) is 0 Å². The molecule has 2 fully saturated rings. The lowest BCUT2D eigenvalue weighted by Gasteiger charge is -2.46. The Balaban J connectivity index is 3.29. The van der Waals surface area contributed by atoms with Crippen LogP contribution in [0, 0.1) is 22.6 Å². The van der Waals surface area contributed by atoms with E-state index in [1.165, 1.54) is 20.8 Å². The van der Waals surface area contributed by atoms with Gasteiger partial charge in [-0.3, -0.25) is 0 Å². The van der Waals surface area contributed by atoms with Crippen LogP contribution in [-0.2, 0) is 0 Å². The predicted molar refractivity (Wildman–Crippen MR) is 66.9 cm³/mol. The molecule has 0 nitrogen and oxygen atoms in total. The Morgan fingerprint density at radius 1 is 1.20 bits per heavy atom. The fourth-order valence-corrected chi connectivity index (χ4v) is 1.78. The van der Waals surface area contributed by atoms with Crippen LogP contribution in [0.3, 0.4) is 0 Å². The minimum Gasteiger partial charge on any atom is -0.0622 e. The number of rotatable bonds is 0. The van der Waals surface area contributed by atoms with E-state index < -0.39 is 67.2 Å². The third-order valence-corrected chi connectivity index (χ3v) is 2.44. The molecule has 0 radical (unpaired) electrons. The molecule has 2 atom stereocenters. The van der Waals surface area contributed by atoms with E-state index in [0.717, 1.165) is 6.92 Å². The molecule has 2 aliphatic rings. The summed E-state index contributed by atoms with van der Waals surface area (Å²) < 4.78 is 136. The quantitative estimate of drug-likeness (QED) is 0.541. The summed E-state index contributed by atoms with van der Waals surface area (Å²) in [4.78, 5) is 0. The van der Waals surface area contributed by atoms with Crippen LogP contribution in [0.25, 0.3) is 0 Å². The highest BCUT2D eigenvalue weighted by Gasteiger charge is 2.43. The van der Waals surface area contributed by atoms with E-state index in [9.17, 15) is 0 Å². The minimum absolute atomic E-state index is 0.746. The largest absolute Gasteiger partial charge is 0.0622 e. The molecule has 0 heterocycles. The molecule has 0 aromatic heterocycles. The Morgan fingerprint density at radius 3 is 2.33 bits per heavy atom. The molecular weight excluding hydrogens is 180 g/mol. The zero-order valence-corrected chi connectivity index (χ0v) is 9.50. The van der Waals surface area contributed by atoms with E-state index >= 15 is 0 Å². The van der Waals surface area contributed by atoms with E-state index in [1.54, 1.807) is 0 Å². The fraction of sp³-hybridized carbons (Fsp3) is 1.00. The lowest BCUT2D eigenvalue weighted by atomic mass is 9.59. The van der Waals surface area contributed by atoms with Gasteiger partial charge in [0.15, 0.2) is 0 Å². The molecule has 0 aromatic carbocycles. The SMILES string of the molecule is [2H]C1([2H])C([2H])([2H])C([2H])([2H])C2(C1([2H])[2H])C([2H])([2H])C([2H])([2H])C([2H])(C(C)(C)C)C([2H])(C)C2([2H])[2H]. The van der Waals surface area contributed by atoms with Crippen LogP contribution in [-0.4, -0.2) is 0 Å². The summed E-state index contributed by atoms with van der Waals surface area (Å²) >= 11 is 0. The van der Waals surface area contributed by atoms with Crippen LogP contribution in [0.4, 0.5) is 0 Å². The minimum atomic E-state index is -3.98. The molecule has 2 saturated carbocycles. The Bertz CT molecular complexity index is 727. The molecule has 0 amide bonds. The molecule has 0 N–H and O–H groups in total. The van der Waals surface area contributed by atoms with Gasteiger partial charge in [0, 0.05) is 21.9 Å². The van der Waals surface area contributed by atoms with E-state index in [0.29, 0.717) is 0 Å². The fourth-order valence-electron chi connectivity index (χ4n) is 1.78. The van der Waals surface area contributed by atoms with Crippen LogP contribution in [0.1, 0.15) is 94.2 Å². The summed E-state index contributed by atoms with van der Waals surface area (Å²) in [6.07, 6.45) is -26.9. The van der Waals surface area contributed by atoms with Crippen molar-refractivity contribution in [2.75, 3.05) is 0 Å². The summed E-state index contributed by atoms with van der Waals surface area (Å²) in [5, 5.41) is 0. The topological polar surface area (TPSA) is 0 Å². The maximum atomic E-state index is 8.92. The van der Waals surface area contributed by atoms with Gasteiger partial charge in [-0.1, -0.05) is 40.4 Å². The highest BCUT2D eigenvalue weighted by Crippen LogP contribution is 2.55. The average molecular weight is 224 g/mol. The molecule has 2 aliphatic carbocycles. The normalized spacial score (nSPS) is 85.1. The average Bonchev–Trinajstić information content (AvgIpc) is 2.55. The maximum Gasteiger partial charge on any atom is 0.0311 e. The van der Waals surface area contributed by atoms with Gasteiger partial charge in [0.05, 0.1) is 0 Å². The van der Waals surface area contributed by atoms with Crippen molar-refractivity contribution in [3.05, 3.63) is 0 Å². The van der Waals surface area contributed by atoms with E-state index in [1.807, 2.05) is 0 Å². The van der Waals surface area contributed by atoms with Gasteiger partial charge < -0.3 is 0 Å². The standard InChI is InChI=1S/C15H28/c1-12-11-15(8-5-6-9-15)10-7-13(12)14(2,3)4/h12-13H,5-11H2,1-4H3/i5D2,6D2,7D2,8D2,9D2,10D2,11D2,12D,13D. The molecule has 0 aromatic rings. The first-order valence-corrected chi connectivity index (χ1v) is 5.00. The molecule has 15 heavy (non-hydrogen) atoms. The monoisotopic (exact) mass is 224 g/mol. The second-order valence-corrected chi connectivity index (χ2v) is 4.88. The highest BCUT2D eigenvalue weighted by molar-refractivity contribution is 4.94. The van der Waals surface area contributed by atoms with Crippen LogP contribution in [0.5, 0.6) is 0 Å². The summed E-state index contributed by atoms with van der Waals surface area (Å²) in [5.74, 6) is -5.98. The summed E-state index contributed by atoms with van der Waals surface area (Å²) in [5.41, 5.74) is -5.60. The van der Waals surface area contributed by atoms with Crippen molar-refractivity contribution in [1.82, 2.24) is 0 Å². The third-order valence-electron chi connectivity index (χ3n) is 2.44. The summed E-state index contributed by atoms with van der Waals surface area (Å²) in [7, 11) is 0. The van der Waals surface area contributed by atoms with Gasteiger partial charge in [-0.05, 0) is 54.5 Å². The van der Waals surface area contributed by atoms with Crippen LogP contribution in [0.2, 0.25) is 0 Å². The van der Waals surface area contributed by atoms with Crippen molar-refractivity contribution in [3.63, 3.8) is 0 Å². The first-order valence-electron chi connectivity index (χ1n) is 13.0. The number of hydrogen-bond donors (Lipinski definition) is 0. The molecular formula is C15H28. The Morgan fingerprint density at radius 2 is 1.80 bits per heavy atom. The highest BCUT2D eigenvalue weighted by atomic mass is 14.5. The molecule has 0 bridgehead atoms. The lowest BCUT2D eigenvalue weighted by molar-refractivity contribution is 0.0400. The van der Waals surface area contributed by atoms with Crippen molar-refractivity contribution < 1.29 is 21.9 Å². The molecule has 2 rings (SSSR count). The molecule has 0 aliphatic heterocycles. The Hall–Kier alpha value is 0. The van der Waals surface area contributed by atoms with Gasteiger partial charge in [0.25, 0.3) is 0 Å². The predicted octanol–water partition coefficient (Wildman–Crippen LogP) is 5.03. The van der Waals surface area contributed by atoms with Crippen molar-refractivity contribution in [2.45, 2.75) is 72.3 Å². The molecule has 1 spiro atoms. The summed E-state index contributed by atoms with van der Waals surface area (Å²) in [6.45, 7) is 4.59. The Kier molecular flexibility index (Phi) is 0.725. The second kappa shape index (κ2) is 3.79. The Labute approximate surface area is 118 Å². The third kappa shape index (κ3) is 2.24. The van der Waals surface area contributed by atoms with Gasteiger partial charge >= 0.3 is 0 Å². The smallest absolute Gasteiger partial charge is 0.0311 e. The zero-order valence-electron chi connectivity index (χ0n) is 25.5. The molecule has 0 saturated heterocycles. The first-order chi connectivity index (χ1) is 13.0. The molecule has 0 heteroatoms. The first kappa shape index (κ1) is 2.87. The van der Waals surface area contributed by atoms with Gasteiger partial charge in [0.1, 0.15) is 0 Å². The van der Waals surface area contributed by atoms with Crippen molar-refractivity contribution in [1.29, 1.82) is 0 Å². The number of hydrogen-bond acceptors (Lipinski definition) is 0. The van der Waals surface area contributed by atoms with Crippen LogP contribution in [0.15, 0.2) is 0 Å². The van der Waals surface area contributed by atoms with Crippen molar-refractivity contribution >= 4 is 0 Å². The van der Waals surface area contributed by atoms with Crippen LogP contribution >= 0.6 is 0 Å².